The first-order valence-corrected chi connectivity index (χ1v) is 7.49. The first kappa shape index (κ1) is 17.9. The molecule has 0 aliphatic carbocycles. The minimum atomic E-state index is -1.27. The second kappa shape index (κ2) is 8.44. The van der Waals surface area contributed by atoms with E-state index in [1.165, 1.54) is 12.1 Å². The summed E-state index contributed by atoms with van der Waals surface area (Å²) >= 11 is 0. The Bertz CT molecular complexity index is 747. The standard InChI is InChI=1S/C17H17N3O5/c21-15(22)9-8-13(17(24)25)20-16(23)11-4-6-12(7-5-11)19-14-3-1-2-10-18-14/h1-7,10,13H,8-9H2,(H,18,19)(H,20,23)(H,21,22)(H,24,25). The number of carbonyl (C=O) groups is 3. The molecule has 1 unspecified atom stereocenters. The van der Waals surface area contributed by atoms with E-state index in [9.17, 15) is 14.4 Å². The summed E-state index contributed by atoms with van der Waals surface area (Å²) in [5.74, 6) is -2.32. The van der Waals surface area contributed by atoms with Crippen molar-refractivity contribution in [2.75, 3.05) is 5.32 Å². The molecule has 0 aliphatic heterocycles. The van der Waals surface area contributed by atoms with Gasteiger partial charge in [0.25, 0.3) is 5.91 Å². The Kier molecular flexibility index (Phi) is 6.05. The summed E-state index contributed by atoms with van der Waals surface area (Å²) in [6, 6.07) is 10.6. The molecule has 2 rings (SSSR count). The normalized spacial score (nSPS) is 11.4. The van der Waals surface area contributed by atoms with Crippen molar-refractivity contribution in [1.82, 2.24) is 10.3 Å². The molecule has 1 amide bonds. The quantitative estimate of drug-likeness (QED) is 0.576. The van der Waals surface area contributed by atoms with E-state index in [4.69, 9.17) is 10.2 Å². The maximum absolute atomic E-state index is 12.1. The number of pyridine rings is 1. The van der Waals surface area contributed by atoms with Crippen LogP contribution in [0.25, 0.3) is 0 Å². The zero-order valence-corrected chi connectivity index (χ0v) is 13.2. The van der Waals surface area contributed by atoms with Gasteiger partial charge in [-0.25, -0.2) is 9.78 Å². The van der Waals surface area contributed by atoms with Gasteiger partial charge in [0, 0.05) is 23.9 Å². The highest BCUT2D eigenvalue weighted by molar-refractivity contribution is 5.97. The van der Waals surface area contributed by atoms with Gasteiger partial charge in [0.2, 0.25) is 0 Å². The Morgan fingerprint density at radius 2 is 1.76 bits per heavy atom. The van der Waals surface area contributed by atoms with Crippen LogP contribution in [0.1, 0.15) is 23.2 Å². The minimum Gasteiger partial charge on any atom is -0.481 e. The van der Waals surface area contributed by atoms with E-state index in [1.807, 2.05) is 6.07 Å². The molecule has 1 aromatic carbocycles. The second-order valence-corrected chi connectivity index (χ2v) is 5.21. The molecule has 4 N–H and O–H groups in total. The summed E-state index contributed by atoms with van der Waals surface area (Å²) in [5.41, 5.74) is 0.990. The molecular formula is C17H17N3O5. The highest BCUT2D eigenvalue weighted by Crippen LogP contribution is 2.15. The van der Waals surface area contributed by atoms with Gasteiger partial charge < -0.3 is 20.8 Å². The smallest absolute Gasteiger partial charge is 0.326 e. The van der Waals surface area contributed by atoms with Crippen LogP contribution < -0.4 is 10.6 Å². The average Bonchev–Trinajstić information content (AvgIpc) is 2.59. The summed E-state index contributed by atoms with van der Waals surface area (Å²) in [5, 5.41) is 23.1. The third-order valence-electron chi connectivity index (χ3n) is 3.33. The van der Waals surface area contributed by atoms with Crippen LogP contribution in [0.3, 0.4) is 0 Å². The number of benzene rings is 1. The third kappa shape index (κ3) is 5.61. The van der Waals surface area contributed by atoms with Gasteiger partial charge in [0.05, 0.1) is 0 Å². The summed E-state index contributed by atoms with van der Waals surface area (Å²) in [6.45, 7) is 0. The number of anilines is 2. The molecule has 0 saturated heterocycles. The van der Waals surface area contributed by atoms with E-state index in [1.54, 1.807) is 30.5 Å². The van der Waals surface area contributed by atoms with Gasteiger partial charge in [-0.1, -0.05) is 6.07 Å². The predicted molar refractivity (Wildman–Crippen MR) is 89.7 cm³/mol. The lowest BCUT2D eigenvalue weighted by molar-refractivity contribution is -0.140. The van der Waals surface area contributed by atoms with Crippen LogP contribution >= 0.6 is 0 Å². The number of carboxylic acids is 2. The Hall–Kier alpha value is -3.42. The van der Waals surface area contributed by atoms with Crippen LogP contribution in [0, 0.1) is 0 Å². The van der Waals surface area contributed by atoms with Crippen LogP contribution in [-0.2, 0) is 9.59 Å². The molecule has 2 aromatic rings. The molecule has 1 aromatic heterocycles. The summed E-state index contributed by atoms with van der Waals surface area (Å²) < 4.78 is 0. The van der Waals surface area contributed by atoms with Gasteiger partial charge in [0.15, 0.2) is 0 Å². The van der Waals surface area contributed by atoms with Crippen LogP contribution in [0.5, 0.6) is 0 Å². The molecule has 130 valence electrons. The number of aliphatic carboxylic acids is 2. The molecule has 8 nitrogen and oxygen atoms in total. The second-order valence-electron chi connectivity index (χ2n) is 5.21. The van der Waals surface area contributed by atoms with Crippen LogP contribution in [0.4, 0.5) is 11.5 Å². The molecule has 0 spiro atoms. The van der Waals surface area contributed by atoms with E-state index >= 15 is 0 Å². The molecule has 0 saturated carbocycles. The number of nitrogens with zero attached hydrogens (tertiary/aromatic N) is 1. The van der Waals surface area contributed by atoms with Crippen molar-refractivity contribution >= 4 is 29.4 Å². The minimum absolute atomic E-state index is 0.185. The van der Waals surface area contributed by atoms with Gasteiger partial charge in [-0.3, -0.25) is 9.59 Å². The van der Waals surface area contributed by atoms with Gasteiger partial charge in [0.1, 0.15) is 11.9 Å². The Labute approximate surface area is 143 Å². The van der Waals surface area contributed by atoms with Gasteiger partial charge in [-0.05, 0) is 42.8 Å². The zero-order valence-electron chi connectivity index (χ0n) is 13.2. The van der Waals surface area contributed by atoms with Crippen molar-refractivity contribution in [3.63, 3.8) is 0 Å². The molecule has 25 heavy (non-hydrogen) atoms. The van der Waals surface area contributed by atoms with Crippen LogP contribution in [0.2, 0.25) is 0 Å². The topological polar surface area (TPSA) is 129 Å². The van der Waals surface area contributed by atoms with Gasteiger partial charge >= 0.3 is 11.9 Å². The average molecular weight is 343 g/mol. The number of carbonyl (C=O) groups excluding carboxylic acids is 1. The van der Waals surface area contributed by atoms with Crippen molar-refractivity contribution in [1.29, 1.82) is 0 Å². The third-order valence-corrected chi connectivity index (χ3v) is 3.33. The highest BCUT2D eigenvalue weighted by Gasteiger charge is 2.21. The first-order chi connectivity index (χ1) is 12.0. The largest absolute Gasteiger partial charge is 0.481 e. The fourth-order valence-corrected chi connectivity index (χ4v) is 2.06. The van der Waals surface area contributed by atoms with Crippen molar-refractivity contribution < 1.29 is 24.6 Å². The molecule has 0 bridgehead atoms. The van der Waals surface area contributed by atoms with Gasteiger partial charge in [-0.15, -0.1) is 0 Å². The highest BCUT2D eigenvalue weighted by atomic mass is 16.4. The number of hydrogen-bond donors (Lipinski definition) is 4. The molecule has 8 heteroatoms. The lowest BCUT2D eigenvalue weighted by atomic mass is 10.1. The Morgan fingerprint density at radius 1 is 1.04 bits per heavy atom. The lowest BCUT2D eigenvalue weighted by Gasteiger charge is -2.14. The number of aromatic nitrogens is 1. The maximum atomic E-state index is 12.1. The molecule has 0 fully saturated rings. The number of nitrogens with one attached hydrogen (secondary N) is 2. The number of hydrogen-bond acceptors (Lipinski definition) is 5. The van der Waals surface area contributed by atoms with Crippen LogP contribution in [0.15, 0.2) is 48.7 Å². The van der Waals surface area contributed by atoms with Gasteiger partial charge in [-0.2, -0.15) is 0 Å². The summed E-state index contributed by atoms with van der Waals surface area (Å²) in [7, 11) is 0. The SMILES string of the molecule is O=C(O)CCC(NC(=O)c1ccc(Nc2ccccn2)cc1)C(=O)O. The van der Waals surface area contributed by atoms with E-state index < -0.39 is 23.9 Å². The van der Waals surface area contributed by atoms with Crippen molar-refractivity contribution in [2.24, 2.45) is 0 Å². The first-order valence-electron chi connectivity index (χ1n) is 7.49. The number of carboxylic acid groups (broad SMARTS) is 2. The fraction of sp³-hybridized carbons (Fsp3) is 0.176. The fourth-order valence-electron chi connectivity index (χ4n) is 2.06. The monoisotopic (exact) mass is 343 g/mol. The predicted octanol–water partition coefficient (Wildman–Crippen LogP) is 1.87. The van der Waals surface area contributed by atoms with E-state index in [0.29, 0.717) is 5.82 Å². The van der Waals surface area contributed by atoms with E-state index in [-0.39, 0.29) is 18.4 Å². The maximum Gasteiger partial charge on any atom is 0.326 e. The zero-order chi connectivity index (χ0) is 18.2. The molecule has 1 heterocycles. The van der Waals surface area contributed by atoms with Crippen molar-refractivity contribution in [3.05, 3.63) is 54.2 Å². The van der Waals surface area contributed by atoms with Crippen molar-refractivity contribution in [2.45, 2.75) is 18.9 Å². The Morgan fingerprint density at radius 3 is 2.32 bits per heavy atom. The number of rotatable bonds is 8. The molecule has 0 aliphatic rings. The lowest BCUT2D eigenvalue weighted by Crippen LogP contribution is -2.41. The number of amides is 1. The van der Waals surface area contributed by atoms with Crippen LogP contribution in [-0.4, -0.2) is 39.1 Å². The molecular weight excluding hydrogens is 326 g/mol. The Balaban J connectivity index is 1.99. The summed E-state index contributed by atoms with van der Waals surface area (Å²) in [4.78, 5) is 37.9. The molecule has 0 radical (unpaired) electrons. The van der Waals surface area contributed by atoms with E-state index in [0.717, 1.165) is 5.69 Å². The summed E-state index contributed by atoms with van der Waals surface area (Å²) in [6.07, 6.45) is 1.12. The van der Waals surface area contributed by atoms with Crippen molar-refractivity contribution in [3.8, 4) is 0 Å². The molecule has 1 atom stereocenters. The van der Waals surface area contributed by atoms with E-state index in [2.05, 4.69) is 15.6 Å².